The van der Waals surface area contributed by atoms with E-state index in [4.69, 9.17) is 39.2 Å². The van der Waals surface area contributed by atoms with E-state index in [9.17, 15) is 4.79 Å². The smallest absolute Gasteiger partial charge is 0.264 e. The van der Waals surface area contributed by atoms with Gasteiger partial charge in [0.15, 0.2) is 10.3 Å². The Bertz CT molecular complexity index is 1190. The zero-order valence-electron chi connectivity index (χ0n) is 14.8. The average Bonchev–Trinajstić information content (AvgIpc) is 3.22. The Hall–Kier alpha value is -1.35. The van der Waals surface area contributed by atoms with Gasteiger partial charge >= 0.3 is 0 Å². The maximum atomic E-state index is 12.3. The summed E-state index contributed by atoms with van der Waals surface area (Å²) in [4.78, 5) is 18.2. The summed E-state index contributed by atoms with van der Waals surface area (Å²) in [6.45, 7) is 0. The lowest BCUT2D eigenvalue weighted by molar-refractivity contribution is -0.115. The third-order valence-corrected chi connectivity index (χ3v) is 7.51. The number of rotatable bonds is 4. The van der Waals surface area contributed by atoms with Crippen molar-refractivity contribution < 1.29 is 9.21 Å². The van der Waals surface area contributed by atoms with Crippen molar-refractivity contribution in [3.8, 4) is 0 Å². The van der Waals surface area contributed by atoms with Crippen LogP contribution in [0.5, 0.6) is 0 Å². The first-order valence-electron chi connectivity index (χ1n) is 8.35. The Labute approximate surface area is 204 Å². The van der Waals surface area contributed by atoms with Crippen LogP contribution >= 0.6 is 74.3 Å². The molecule has 0 aliphatic carbocycles. The van der Waals surface area contributed by atoms with E-state index in [-0.39, 0.29) is 5.91 Å². The lowest BCUT2D eigenvalue weighted by Gasteiger charge is -1.99. The number of furan rings is 1. The molecule has 0 atom stereocenters. The molecule has 0 radical (unpaired) electrons. The van der Waals surface area contributed by atoms with Crippen molar-refractivity contribution in [1.82, 2.24) is 5.32 Å². The van der Waals surface area contributed by atoms with Gasteiger partial charge in [0.2, 0.25) is 0 Å². The lowest BCUT2D eigenvalue weighted by Crippen LogP contribution is -2.19. The standard InChI is InChI=1S/C20H10BrCl3N2O2S2/c21-14-8-12(28-19(14)29-13-4-1-10(22)2-5-13)9-17-18(27)26-20(30-17)25-11-3-6-15(23)16(24)7-11/h1-9H,(H,25,26,27)/b17-9-. The van der Waals surface area contributed by atoms with Crippen molar-refractivity contribution in [2.24, 2.45) is 4.99 Å². The summed E-state index contributed by atoms with van der Waals surface area (Å²) in [5, 5.41) is 5.37. The number of hydrogen-bond donors (Lipinski definition) is 1. The highest BCUT2D eigenvalue weighted by atomic mass is 79.9. The molecule has 0 spiro atoms. The Balaban J connectivity index is 1.52. The quantitative estimate of drug-likeness (QED) is 0.328. The average molecular weight is 561 g/mol. The Morgan fingerprint density at radius 2 is 1.83 bits per heavy atom. The molecule has 1 aromatic heterocycles. The molecule has 0 saturated carbocycles. The third kappa shape index (κ3) is 5.28. The molecule has 3 aromatic rings. The number of halogens is 4. The van der Waals surface area contributed by atoms with Crippen molar-refractivity contribution in [1.29, 1.82) is 0 Å². The summed E-state index contributed by atoms with van der Waals surface area (Å²) in [6.07, 6.45) is 1.67. The van der Waals surface area contributed by atoms with Gasteiger partial charge in [0.05, 0.1) is 25.1 Å². The van der Waals surface area contributed by atoms with Crippen LogP contribution < -0.4 is 5.32 Å². The van der Waals surface area contributed by atoms with Crippen molar-refractivity contribution >= 4 is 97.1 Å². The predicted octanol–water partition coefficient (Wildman–Crippen LogP) is 8.05. The van der Waals surface area contributed by atoms with Gasteiger partial charge in [0, 0.05) is 16.0 Å². The van der Waals surface area contributed by atoms with E-state index >= 15 is 0 Å². The number of nitrogens with one attached hydrogen (secondary N) is 1. The number of hydrogen-bond acceptors (Lipinski definition) is 5. The molecule has 1 amide bonds. The van der Waals surface area contributed by atoms with E-state index in [1.54, 1.807) is 24.3 Å². The monoisotopic (exact) mass is 558 g/mol. The molecule has 1 fully saturated rings. The minimum Gasteiger partial charge on any atom is -0.449 e. The number of nitrogens with zero attached hydrogens (tertiary/aromatic N) is 1. The molecular weight excluding hydrogens is 551 g/mol. The van der Waals surface area contributed by atoms with Gasteiger partial charge in [-0.3, -0.25) is 4.79 Å². The normalized spacial score (nSPS) is 16.5. The van der Waals surface area contributed by atoms with E-state index in [1.165, 1.54) is 23.5 Å². The molecule has 1 saturated heterocycles. The number of carbonyl (C=O) groups is 1. The van der Waals surface area contributed by atoms with Crippen molar-refractivity contribution in [2.45, 2.75) is 9.99 Å². The van der Waals surface area contributed by atoms with Crippen molar-refractivity contribution in [2.75, 3.05) is 0 Å². The SMILES string of the molecule is O=C1NC(=Nc2ccc(Cl)c(Cl)c2)S/C1=C\c1cc(Br)c(Sc2ccc(Cl)cc2)o1. The maximum Gasteiger partial charge on any atom is 0.264 e. The first-order valence-corrected chi connectivity index (χ1v) is 11.9. The second-order valence-corrected chi connectivity index (χ2v) is 10.1. The second kappa shape index (κ2) is 9.42. The Kier molecular flexibility index (Phi) is 6.87. The third-order valence-electron chi connectivity index (χ3n) is 3.76. The van der Waals surface area contributed by atoms with Crippen LogP contribution in [-0.2, 0) is 4.79 Å². The van der Waals surface area contributed by atoms with E-state index in [0.29, 0.717) is 41.7 Å². The number of carbonyl (C=O) groups excluding carboxylic acids is 1. The Morgan fingerprint density at radius 3 is 2.57 bits per heavy atom. The fourth-order valence-electron chi connectivity index (χ4n) is 2.40. The Morgan fingerprint density at radius 1 is 1.07 bits per heavy atom. The van der Waals surface area contributed by atoms with Crippen LogP contribution in [-0.4, -0.2) is 11.1 Å². The zero-order chi connectivity index (χ0) is 21.3. The molecule has 4 rings (SSSR count). The fourth-order valence-corrected chi connectivity index (χ4v) is 4.97. The van der Waals surface area contributed by atoms with Crippen molar-refractivity contribution in [3.05, 3.63) is 78.7 Å². The van der Waals surface area contributed by atoms with Crippen LogP contribution in [0.3, 0.4) is 0 Å². The van der Waals surface area contributed by atoms with Gasteiger partial charge in [0.1, 0.15) is 5.76 Å². The molecule has 2 heterocycles. The number of benzene rings is 2. The van der Waals surface area contributed by atoms with Gasteiger partial charge in [-0.25, -0.2) is 4.99 Å². The highest BCUT2D eigenvalue weighted by Crippen LogP contribution is 2.38. The number of aliphatic imine (C=N–C) groups is 1. The molecule has 30 heavy (non-hydrogen) atoms. The molecule has 0 bridgehead atoms. The molecule has 2 aromatic carbocycles. The first kappa shape index (κ1) is 21.9. The van der Waals surface area contributed by atoms with Crippen LogP contribution in [0.15, 0.2) is 77.3 Å². The first-order chi connectivity index (χ1) is 14.4. The van der Waals surface area contributed by atoms with Gasteiger partial charge in [-0.1, -0.05) is 46.6 Å². The summed E-state index contributed by atoms with van der Waals surface area (Å²) in [6, 6.07) is 14.3. The van der Waals surface area contributed by atoms with Gasteiger partial charge in [-0.15, -0.1) is 0 Å². The predicted molar refractivity (Wildman–Crippen MR) is 129 cm³/mol. The van der Waals surface area contributed by atoms with Crippen LogP contribution in [0, 0.1) is 0 Å². The van der Waals surface area contributed by atoms with E-state index in [0.717, 1.165) is 9.37 Å². The summed E-state index contributed by atoms with van der Waals surface area (Å²) in [5.41, 5.74) is 0.593. The van der Waals surface area contributed by atoms with Gasteiger partial charge in [0.25, 0.3) is 5.91 Å². The van der Waals surface area contributed by atoms with Crippen LogP contribution in [0.25, 0.3) is 6.08 Å². The summed E-state index contributed by atoms with van der Waals surface area (Å²) >= 11 is 24.0. The molecule has 1 aliphatic rings. The largest absolute Gasteiger partial charge is 0.449 e. The lowest BCUT2D eigenvalue weighted by atomic mass is 10.3. The molecule has 1 aliphatic heterocycles. The van der Waals surface area contributed by atoms with E-state index in [1.807, 2.05) is 30.3 Å². The minimum atomic E-state index is -0.252. The number of thioether (sulfide) groups is 1. The van der Waals surface area contributed by atoms with Crippen LogP contribution in [0.4, 0.5) is 5.69 Å². The minimum absolute atomic E-state index is 0.252. The van der Waals surface area contributed by atoms with Crippen molar-refractivity contribution in [3.63, 3.8) is 0 Å². The van der Waals surface area contributed by atoms with Crippen LogP contribution in [0.2, 0.25) is 15.1 Å². The molecule has 10 heteroatoms. The fraction of sp³-hybridized carbons (Fsp3) is 0. The zero-order valence-corrected chi connectivity index (χ0v) is 20.3. The van der Waals surface area contributed by atoms with Crippen LogP contribution in [0.1, 0.15) is 5.76 Å². The van der Waals surface area contributed by atoms with Gasteiger partial charge < -0.3 is 9.73 Å². The number of amides is 1. The molecule has 4 nitrogen and oxygen atoms in total. The summed E-state index contributed by atoms with van der Waals surface area (Å²) < 4.78 is 6.68. The van der Waals surface area contributed by atoms with E-state index < -0.39 is 0 Å². The second-order valence-electron chi connectivity index (χ2n) is 5.92. The molecule has 1 N–H and O–H groups in total. The molecule has 152 valence electrons. The highest BCUT2D eigenvalue weighted by Gasteiger charge is 2.25. The topological polar surface area (TPSA) is 54.6 Å². The summed E-state index contributed by atoms with van der Waals surface area (Å²) in [5.74, 6) is 0.296. The van der Waals surface area contributed by atoms with Gasteiger partial charge in [-0.05, 0) is 76.2 Å². The van der Waals surface area contributed by atoms with Gasteiger partial charge in [-0.2, -0.15) is 0 Å². The highest BCUT2D eigenvalue weighted by molar-refractivity contribution is 9.10. The number of amidine groups is 1. The molecule has 0 unspecified atom stereocenters. The maximum absolute atomic E-state index is 12.3. The molecular formula is C20H10BrCl3N2O2S2. The summed E-state index contributed by atoms with van der Waals surface area (Å²) in [7, 11) is 0. The van der Waals surface area contributed by atoms with E-state index in [2.05, 4.69) is 26.2 Å².